The predicted molar refractivity (Wildman–Crippen MR) is 104 cm³/mol. The number of nitrogens with zero attached hydrogens (tertiary/aromatic N) is 3. The molecule has 2 aliphatic rings. The highest BCUT2D eigenvalue weighted by atomic mass is 16.5. The molecule has 0 unspecified atom stereocenters. The summed E-state index contributed by atoms with van der Waals surface area (Å²) in [5, 5.41) is 3.08. The number of ether oxygens (including phenoxy) is 1. The van der Waals surface area contributed by atoms with Crippen molar-refractivity contribution in [3.05, 3.63) is 29.8 Å². The van der Waals surface area contributed by atoms with Crippen LogP contribution in [-0.4, -0.2) is 85.7 Å². The molecular weight excluding hydrogens is 328 g/mol. The molecule has 2 fully saturated rings. The minimum atomic E-state index is 0.0228. The molecule has 2 aliphatic heterocycles. The summed E-state index contributed by atoms with van der Waals surface area (Å²) in [6.07, 6.45) is 1.06. The number of nitrogens with one attached hydrogen (secondary N) is 1. The van der Waals surface area contributed by atoms with Crippen molar-refractivity contribution >= 4 is 6.03 Å². The third-order valence-corrected chi connectivity index (χ3v) is 5.49. The highest BCUT2D eigenvalue weighted by Gasteiger charge is 2.33. The van der Waals surface area contributed by atoms with Gasteiger partial charge in [0.1, 0.15) is 11.9 Å². The van der Waals surface area contributed by atoms with Crippen LogP contribution >= 0.6 is 0 Å². The standard InChI is InChI=1S/C20H32N4O2/c1-4-17-7-5-6-8-19(17)26-18-14-24(15-18)20(25)21-13-16(2)23-11-9-22(3)10-12-23/h5-8,16,18H,4,9-15H2,1-3H3,(H,21,25)/t16-/m0/s1. The number of carbonyl (C=O) groups is 1. The van der Waals surface area contributed by atoms with E-state index >= 15 is 0 Å². The predicted octanol–water partition coefficient (Wildman–Crippen LogP) is 1.66. The third kappa shape index (κ3) is 4.68. The van der Waals surface area contributed by atoms with Crippen molar-refractivity contribution in [2.24, 2.45) is 0 Å². The van der Waals surface area contributed by atoms with Gasteiger partial charge in [0, 0.05) is 38.8 Å². The number of piperazine rings is 1. The Morgan fingerprint density at radius 2 is 1.92 bits per heavy atom. The average molecular weight is 361 g/mol. The number of likely N-dealkylation sites (N-methyl/N-ethyl adjacent to an activating group) is 1. The fourth-order valence-corrected chi connectivity index (χ4v) is 3.51. The van der Waals surface area contributed by atoms with Crippen LogP contribution in [0.2, 0.25) is 0 Å². The first-order valence-corrected chi connectivity index (χ1v) is 9.76. The molecule has 0 spiro atoms. The summed E-state index contributed by atoms with van der Waals surface area (Å²) >= 11 is 0. The summed E-state index contributed by atoms with van der Waals surface area (Å²) in [5.74, 6) is 0.948. The fourth-order valence-electron chi connectivity index (χ4n) is 3.51. The van der Waals surface area contributed by atoms with Crippen molar-refractivity contribution in [3.63, 3.8) is 0 Å². The van der Waals surface area contributed by atoms with Gasteiger partial charge in [-0.1, -0.05) is 25.1 Å². The van der Waals surface area contributed by atoms with E-state index in [1.807, 2.05) is 23.1 Å². The molecule has 1 N–H and O–H groups in total. The van der Waals surface area contributed by atoms with Gasteiger partial charge in [0.2, 0.25) is 0 Å². The number of benzene rings is 1. The quantitative estimate of drug-likeness (QED) is 0.838. The Balaban J connectivity index is 1.37. The minimum Gasteiger partial charge on any atom is -0.486 e. The number of rotatable bonds is 6. The van der Waals surface area contributed by atoms with E-state index in [2.05, 4.69) is 42.1 Å². The first-order valence-electron chi connectivity index (χ1n) is 9.76. The van der Waals surface area contributed by atoms with Gasteiger partial charge in [-0.25, -0.2) is 4.79 Å². The first-order chi connectivity index (χ1) is 12.6. The zero-order chi connectivity index (χ0) is 18.5. The lowest BCUT2D eigenvalue weighted by atomic mass is 10.1. The number of hydrogen-bond acceptors (Lipinski definition) is 4. The SMILES string of the molecule is CCc1ccccc1OC1CN(C(=O)NC[C@H](C)N2CCN(C)CC2)C1. The van der Waals surface area contributed by atoms with Gasteiger partial charge in [-0.3, -0.25) is 4.90 Å². The van der Waals surface area contributed by atoms with Crippen LogP contribution in [0.4, 0.5) is 4.79 Å². The molecule has 3 rings (SSSR count). The maximum absolute atomic E-state index is 12.3. The number of urea groups is 1. The maximum atomic E-state index is 12.3. The summed E-state index contributed by atoms with van der Waals surface area (Å²) in [6.45, 7) is 10.7. The number of likely N-dealkylation sites (tertiary alicyclic amines) is 1. The molecule has 6 nitrogen and oxygen atoms in total. The lowest BCUT2D eigenvalue weighted by molar-refractivity contribution is 0.0427. The van der Waals surface area contributed by atoms with Gasteiger partial charge in [-0.15, -0.1) is 0 Å². The summed E-state index contributed by atoms with van der Waals surface area (Å²) in [6, 6.07) is 8.54. The molecule has 0 bridgehead atoms. The van der Waals surface area contributed by atoms with Crippen LogP contribution in [0.1, 0.15) is 19.4 Å². The molecule has 144 valence electrons. The van der Waals surface area contributed by atoms with E-state index in [-0.39, 0.29) is 12.1 Å². The van der Waals surface area contributed by atoms with Crippen molar-refractivity contribution in [2.45, 2.75) is 32.4 Å². The van der Waals surface area contributed by atoms with E-state index in [1.165, 1.54) is 5.56 Å². The van der Waals surface area contributed by atoms with Crippen LogP contribution < -0.4 is 10.1 Å². The Kier molecular flexibility index (Phi) is 6.38. The second kappa shape index (κ2) is 8.73. The molecule has 2 amide bonds. The smallest absolute Gasteiger partial charge is 0.317 e. The van der Waals surface area contributed by atoms with Gasteiger partial charge in [0.15, 0.2) is 0 Å². The molecule has 2 heterocycles. The van der Waals surface area contributed by atoms with E-state index in [1.54, 1.807) is 0 Å². The zero-order valence-corrected chi connectivity index (χ0v) is 16.3. The van der Waals surface area contributed by atoms with Gasteiger partial charge < -0.3 is 19.9 Å². The molecule has 0 aromatic heterocycles. The Morgan fingerprint density at radius 3 is 2.62 bits per heavy atom. The normalized spacial score (nSPS) is 20.5. The Morgan fingerprint density at radius 1 is 1.23 bits per heavy atom. The molecule has 6 heteroatoms. The molecule has 0 aliphatic carbocycles. The second-order valence-electron chi connectivity index (χ2n) is 7.48. The van der Waals surface area contributed by atoms with Crippen LogP contribution in [0.5, 0.6) is 5.75 Å². The van der Waals surface area contributed by atoms with Gasteiger partial charge >= 0.3 is 6.03 Å². The van der Waals surface area contributed by atoms with Crippen LogP contribution in [-0.2, 0) is 6.42 Å². The van der Waals surface area contributed by atoms with Gasteiger partial charge in [0.05, 0.1) is 13.1 Å². The topological polar surface area (TPSA) is 48.1 Å². The van der Waals surface area contributed by atoms with E-state index < -0.39 is 0 Å². The summed E-state index contributed by atoms with van der Waals surface area (Å²) in [7, 11) is 2.16. The molecule has 0 saturated carbocycles. The molecule has 26 heavy (non-hydrogen) atoms. The monoisotopic (exact) mass is 360 g/mol. The number of amides is 2. The minimum absolute atomic E-state index is 0.0228. The van der Waals surface area contributed by atoms with Crippen molar-refractivity contribution in [3.8, 4) is 5.75 Å². The molecular formula is C20H32N4O2. The van der Waals surface area contributed by atoms with Crippen LogP contribution in [0.15, 0.2) is 24.3 Å². The maximum Gasteiger partial charge on any atom is 0.317 e. The number of carbonyl (C=O) groups excluding carboxylic acids is 1. The fraction of sp³-hybridized carbons (Fsp3) is 0.650. The lowest BCUT2D eigenvalue weighted by Crippen LogP contribution is -2.60. The highest BCUT2D eigenvalue weighted by Crippen LogP contribution is 2.23. The largest absolute Gasteiger partial charge is 0.486 e. The van der Waals surface area contributed by atoms with E-state index in [4.69, 9.17) is 4.74 Å². The average Bonchev–Trinajstić information content (AvgIpc) is 2.63. The van der Waals surface area contributed by atoms with Gasteiger partial charge in [0.25, 0.3) is 0 Å². The molecule has 0 radical (unpaired) electrons. The van der Waals surface area contributed by atoms with Gasteiger partial charge in [-0.2, -0.15) is 0 Å². The first kappa shape index (κ1) is 19.0. The van der Waals surface area contributed by atoms with E-state index in [0.717, 1.165) is 38.3 Å². The Hall–Kier alpha value is -1.79. The summed E-state index contributed by atoms with van der Waals surface area (Å²) in [4.78, 5) is 18.9. The van der Waals surface area contributed by atoms with Crippen molar-refractivity contribution < 1.29 is 9.53 Å². The Labute approximate surface area is 157 Å². The zero-order valence-electron chi connectivity index (χ0n) is 16.3. The molecule has 2 saturated heterocycles. The summed E-state index contributed by atoms with van der Waals surface area (Å²) < 4.78 is 6.05. The van der Waals surface area contributed by atoms with Crippen LogP contribution in [0.3, 0.4) is 0 Å². The summed E-state index contributed by atoms with van der Waals surface area (Å²) in [5.41, 5.74) is 1.22. The third-order valence-electron chi connectivity index (χ3n) is 5.49. The van der Waals surface area contributed by atoms with Gasteiger partial charge in [-0.05, 0) is 32.0 Å². The Bertz CT molecular complexity index is 595. The molecule has 1 aromatic rings. The van der Waals surface area contributed by atoms with E-state index in [0.29, 0.717) is 25.7 Å². The van der Waals surface area contributed by atoms with Crippen LogP contribution in [0.25, 0.3) is 0 Å². The second-order valence-corrected chi connectivity index (χ2v) is 7.48. The van der Waals surface area contributed by atoms with Crippen molar-refractivity contribution in [1.82, 2.24) is 20.0 Å². The lowest BCUT2D eigenvalue weighted by Gasteiger charge is -2.40. The highest BCUT2D eigenvalue weighted by molar-refractivity contribution is 5.75. The van der Waals surface area contributed by atoms with Crippen molar-refractivity contribution in [1.29, 1.82) is 0 Å². The molecule has 1 aromatic carbocycles. The van der Waals surface area contributed by atoms with Crippen molar-refractivity contribution in [2.75, 3.05) is 52.9 Å². The number of para-hydroxylation sites is 1. The molecule has 1 atom stereocenters. The number of hydrogen-bond donors (Lipinski definition) is 1. The van der Waals surface area contributed by atoms with E-state index in [9.17, 15) is 4.79 Å². The van der Waals surface area contributed by atoms with Crippen LogP contribution in [0, 0.1) is 0 Å². The number of aryl methyl sites for hydroxylation is 1.